The van der Waals surface area contributed by atoms with E-state index in [-0.39, 0.29) is 24.8 Å². The van der Waals surface area contributed by atoms with Crippen LogP contribution in [0.25, 0.3) is 10.8 Å². The van der Waals surface area contributed by atoms with Crippen LogP contribution < -0.4 is 9.62 Å². The van der Waals surface area contributed by atoms with Crippen molar-refractivity contribution in [3.8, 4) is 0 Å². The van der Waals surface area contributed by atoms with E-state index in [4.69, 9.17) is 0 Å². The number of hydrogen-bond donors (Lipinski definition) is 1. The average Bonchev–Trinajstić information content (AvgIpc) is 3.11. The van der Waals surface area contributed by atoms with Gasteiger partial charge in [0.25, 0.3) is 10.0 Å². The van der Waals surface area contributed by atoms with Crippen molar-refractivity contribution in [3.05, 3.63) is 70.7 Å². The lowest BCUT2D eigenvalue weighted by atomic mass is 10.1. The fraction of sp³-hybridized carbons (Fsp3) is 0.357. The van der Waals surface area contributed by atoms with Crippen molar-refractivity contribution < 1.29 is 18.0 Å². The molecule has 1 heterocycles. The number of benzene rings is 3. The molecule has 9 heteroatoms. The SMILES string of the molecule is CCCCNC(=O)[C@H](C)N(Cc1ccc(Br)cc1)C(=O)CCCN1c2cccc3cccc(c23)S1(=O)=O. The number of rotatable bonds is 11. The minimum atomic E-state index is -3.67. The van der Waals surface area contributed by atoms with E-state index < -0.39 is 16.1 Å². The Morgan fingerprint density at radius 2 is 1.73 bits per heavy atom. The Morgan fingerprint density at radius 1 is 1.03 bits per heavy atom. The maximum absolute atomic E-state index is 13.4. The number of unbranched alkanes of at least 4 members (excludes halogenated alkanes) is 1. The van der Waals surface area contributed by atoms with Gasteiger partial charge in [-0.3, -0.25) is 13.9 Å². The molecule has 0 saturated heterocycles. The highest BCUT2D eigenvalue weighted by molar-refractivity contribution is 9.10. The van der Waals surface area contributed by atoms with Crippen LogP contribution in [0.4, 0.5) is 5.69 Å². The number of nitrogens with one attached hydrogen (secondary N) is 1. The maximum Gasteiger partial charge on any atom is 0.265 e. The molecule has 0 aromatic heterocycles. The Labute approximate surface area is 227 Å². The lowest BCUT2D eigenvalue weighted by Crippen LogP contribution is -2.47. The van der Waals surface area contributed by atoms with Crippen molar-refractivity contribution in [1.82, 2.24) is 10.2 Å². The molecule has 1 aliphatic heterocycles. The normalized spacial score (nSPS) is 14.5. The molecule has 0 bridgehead atoms. The van der Waals surface area contributed by atoms with Gasteiger partial charge in [0.05, 0.1) is 10.6 Å². The Balaban J connectivity index is 1.47. The predicted octanol–water partition coefficient (Wildman–Crippen LogP) is 5.22. The molecule has 1 aliphatic rings. The number of amides is 2. The molecule has 7 nitrogen and oxygen atoms in total. The molecule has 37 heavy (non-hydrogen) atoms. The molecule has 2 amide bonds. The number of carbonyl (C=O) groups excluding carboxylic acids is 2. The van der Waals surface area contributed by atoms with Crippen LogP contribution in [0.5, 0.6) is 0 Å². The molecular weight excluding hydrogens is 554 g/mol. The van der Waals surface area contributed by atoms with Crippen molar-refractivity contribution in [2.24, 2.45) is 0 Å². The standard InChI is InChI=1S/C28H32BrN3O4S/c1-3-4-17-30-28(34)20(2)31(19-21-13-15-23(29)16-14-21)26(33)12-7-18-32-24-10-5-8-22-9-6-11-25(27(22)24)37(32,35)36/h5-6,8-11,13-16,20H,3-4,7,12,17-19H2,1-2H3,(H,30,34)/t20-/m0/s1. The zero-order valence-electron chi connectivity index (χ0n) is 21.1. The van der Waals surface area contributed by atoms with Gasteiger partial charge in [0.2, 0.25) is 11.8 Å². The van der Waals surface area contributed by atoms with Crippen LogP contribution in [0.1, 0.15) is 45.1 Å². The number of sulfonamides is 1. The third kappa shape index (κ3) is 5.83. The smallest absolute Gasteiger partial charge is 0.265 e. The summed E-state index contributed by atoms with van der Waals surface area (Å²) in [6.45, 7) is 4.84. The maximum atomic E-state index is 13.4. The van der Waals surface area contributed by atoms with Crippen LogP contribution in [-0.2, 0) is 26.2 Å². The molecule has 4 rings (SSSR count). The van der Waals surface area contributed by atoms with Crippen LogP contribution in [0, 0.1) is 0 Å². The molecule has 0 saturated carbocycles. The van der Waals surface area contributed by atoms with Crippen molar-refractivity contribution in [3.63, 3.8) is 0 Å². The zero-order valence-corrected chi connectivity index (χ0v) is 23.5. The highest BCUT2D eigenvalue weighted by Gasteiger charge is 2.35. The fourth-order valence-electron chi connectivity index (χ4n) is 4.62. The first-order valence-corrected chi connectivity index (χ1v) is 14.8. The van der Waals surface area contributed by atoms with Gasteiger partial charge >= 0.3 is 0 Å². The molecule has 0 radical (unpaired) electrons. The van der Waals surface area contributed by atoms with E-state index in [1.165, 1.54) is 4.31 Å². The summed E-state index contributed by atoms with van der Waals surface area (Å²) in [6, 6.07) is 17.8. The van der Waals surface area contributed by atoms with Crippen LogP contribution in [0.15, 0.2) is 70.0 Å². The van der Waals surface area contributed by atoms with E-state index in [1.807, 2.05) is 42.5 Å². The highest BCUT2D eigenvalue weighted by atomic mass is 79.9. The van der Waals surface area contributed by atoms with Gasteiger partial charge in [-0.25, -0.2) is 8.42 Å². The number of carbonyl (C=O) groups is 2. The van der Waals surface area contributed by atoms with Crippen LogP contribution >= 0.6 is 15.9 Å². The topological polar surface area (TPSA) is 86.8 Å². The van der Waals surface area contributed by atoms with Crippen LogP contribution in [0.3, 0.4) is 0 Å². The summed E-state index contributed by atoms with van der Waals surface area (Å²) in [5, 5.41) is 4.52. The summed E-state index contributed by atoms with van der Waals surface area (Å²) < 4.78 is 28.8. The van der Waals surface area contributed by atoms with Gasteiger partial charge < -0.3 is 10.2 Å². The molecule has 0 spiro atoms. The van der Waals surface area contributed by atoms with E-state index >= 15 is 0 Å². The van der Waals surface area contributed by atoms with Crippen molar-refractivity contribution >= 4 is 54.2 Å². The zero-order chi connectivity index (χ0) is 26.6. The molecule has 196 valence electrons. The van der Waals surface area contributed by atoms with Crippen LogP contribution in [-0.4, -0.2) is 44.3 Å². The number of hydrogen-bond acceptors (Lipinski definition) is 4. The summed E-state index contributed by atoms with van der Waals surface area (Å²) in [7, 11) is -3.67. The second-order valence-electron chi connectivity index (χ2n) is 9.28. The molecule has 0 aliphatic carbocycles. The third-order valence-corrected chi connectivity index (χ3v) is 9.08. The second-order valence-corrected chi connectivity index (χ2v) is 12.0. The van der Waals surface area contributed by atoms with Gasteiger partial charge in [-0.05, 0) is 55.0 Å². The quantitative estimate of drug-likeness (QED) is 0.312. The van der Waals surface area contributed by atoms with Gasteiger partial charge in [-0.2, -0.15) is 0 Å². The molecule has 3 aromatic rings. The van der Waals surface area contributed by atoms with E-state index in [0.29, 0.717) is 30.1 Å². The summed E-state index contributed by atoms with van der Waals surface area (Å²) in [6.07, 6.45) is 2.30. The average molecular weight is 587 g/mol. The Hall–Kier alpha value is -2.91. The Morgan fingerprint density at radius 3 is 2.43 bits per heavy atom. The summed E-state index contributed by atoms with van der Waals surface area (Å²) >= 11 is 3.43. The highest BCUT2D eigenvalue weighted by Crippen LogP contribution is 2.42. The summed E-state index contributed by atoms with van der Waals surface area (Å²) in [5.41, 5.74) is 1.56. The van der Waals surface area contributed by atoms with Crippen molar-refractivity contribution in [2.45, 2.75) is 57.0 Å². The first-order valence-electron chi connectivity index (χ1n) is 12.6. The molecule has 3 aromatic carbocycles. The summed E-state index contributed by atoms with van der Waals surface area (Å²) in [4.78, 5) is 28.1. The minimum Gasteiger partial charge on any atom is -0.354 e. The van der Waals surface area contributed by atoms with Gasteiger partial charge in [0, 0.05) is 35.9 Å². The minimum absolute atomic E-state index is 0.126. The Bertz CT molecular complexity index is 1390. The fourth-order valence-corrected chi connectivity index (χ4v) is 6.63. The van der Waals surface area contributed by atoms with Gasteiger partial charge in [-0.1, -0.05) is 65.7 Å². The second kappa shape index (κ2) is 11.6. The van der Waals surface area contributed by atoms with E-state index in [1.54, 1.807) is 30.0 Å². The monoisotopic (exact) mass is 585 g/mol. The lowest BCUT2D eigenvalue weighted by molar-refractivity contribution is -0.140. The number of anilines is 1. The van der Waals surface area contributed by atoms with Gasteiger partial charge in [0.15, 0.2) is 0 Å². The third-order valence-electron chi connectivity index (χ3n) is 6.70. The number of nitrogens with zero attached hydrogens (tertiary/aromatic N) is 2. The Kier molecular flexibility index (Phi) is 8.54. The number of halogens is 1. The molecule has 1 N–H and O–H groups in total. The summed E-state index contributed by atoms with van der Waals surface area (Å²) in [5.74, 6) is -0.378. The van der Waals surface area contributed by atoms with Crippen LogP contribution in [0.2, 0.25) is 0 Å². The van der Waals surface area contributed by atoms with E-state index in [2.05, 4.69) is 28.2 Å². The van der Waals surface area contributed by atoms with E-state index in [9.17, 15) is 18.0 Å². The predicted molar refractivity (Wildman–Crippen MR) is 150 cm³/mol. The molecule has 0 unspecified atom stereocenters. The largest absolute Gasteiger partial charge is 0.354 e. The van der Waals surface area contributed by atoms with Gasteiger partial charge in [-0.15, -0.1) is 0 Å². The first-order chi connectivity index (χ1) is 17.7. The van der Waals surface area contributed by atoms with Crippen molar-refractivity contribution in [2.75, 3.05) is 17.4 Å². The first kappa shape index (κ1) is 27.1. The van der Waals surface area contributed by atoms with E-state index in [0.717, 1.165) is 33.7 Å². The molecule has 0 fully saturated rings. The van der Waals surface area contributed by atoms with Crippen molar-refractivity contribution in [1.29, 1.82) is 0 Å². The van der Waals surface area contributed by atoms with Gasteiger partial charge in [0.1, 0.15) is 6.04 Å². The molecular formula is C28H32BrN3O4S. The lowest BCUT2D eigenvalue weighted by Gasteiger charge is -2.29. The molecule has 1 atom stereocenters.